The van der Waals surface area contributed by atoms with E-state index in [0.29, 0.717) is 11.3 Å². The predicted octanol–water partition coefficient (Wildman–Crippen LogP) is 2.36. The molecule has 8 nitrogen and oxygen atoms in total. The second-order valence-corrected chi connectivity index (χ2v) is 7.63. The van der Waals surface area contributed by atoms with Crippen molar-refractivity contribution in [3.63, 3.8) is 0 Å². The van der Waals surface area contributed by atoms with E-state index >= 15 is 0 Å². The Morgan fingerprint density at radius 3 is 2.29 bits per heavy atom. The monoisotopic (exact) mass is 422 g/mol. The molecule has 8 heteroatoms. The van der Waals surface area contributed by atoms with Gasteiger partial charge in [-0.25, -0.2) is 5.43 Å². The Morgan fingerprint density at radius 1 is 1.03 bits per heavy atom. The Labute approximate surface area is 181 Å². The van der Waals surface area contributed by atoms with Crippen LogP contribution in [0, 0.1) is 20.8 Å². The van der Waals surface area contributed by atoms with Gasteiger partial charge in [0.15, 0.2) is 6.61 Å². The van der Waals surface area contributed by atoms with Gasteiger partial charge in [-0.1, -0.05) is 17.7 Å². The van der Waals surface area contributed by atoms with Crippen LogP contribution in [0.5, 0.6) is 5.75 Å². The Hall–Kier alpha value is -3.68. The van der Waals surface area contributed by atoms with Crippen LogP contribution in [0.4, 0.5) is 5.69 Å². The van der Waals surface area contributed by atoms with Gasteiger partial charge in [0.25, 0.3) is 5.91 Å². The largest absolute Gasteiger partial charge is 0.484 e. The first-order valence-electron chi connectivity index (χ1n) is 10.1. The van der Waals surface area contributed by atoms with Gasteiger partial charge < -0.3 is 15.4 Å². The molecule has 0 saturated heterocycles. The van der Waals surface area contributed by atoms with Crippen LogP contribution in [0.1, 0.15) is 35.1 Å². The van der Waals surface area contributed by atoms with Crippen molar-refractivity contribution in [3.8, 4) is 5.75 Å². The molecule has 31 heavy (non-hydrogen) atoms. The lowest BCUT2D eigenvalue weighted by molar-refractivity contribution is -0.139. The summed E-state index contributed by atoms with van der Waals surface area (Å²) in [6.07, 6.45) is 3.23. The fourth-order valence-corrected chi connectivity index (χ4v) is 3.05. The van der Waals surface area contributed by atoms with E-state index in [0.717, 1.165) is 35.2 Å². The first kappa shape index (κ1) is 22.0. The van der Waals surface area contributed by atoms with Crippen LogP contribution in [0.25, 0.3) is 0 Å². The maximum absolute atomic E-state index is 12.2. The van der Waals surface area contributed by atoms with Crippen molar-refractivity contribution in [2.75, 3.05) is 11.9 Å². The van der Waals surface area contributed by atoms with E-state index in [1.165, 1.54) is 6.21 Å². The molecule has 0 atom stereocenters. The van der Waals surface area contributed by atoms with Crippen LogP contribution >= 0.6 is 0 Å². The summed E-state index contributed by atoms with van der Waals surface area (Å²) in [5.41, 5.74) is 6.85. The summed E-state index contributed by atoms with van der Waals surface area (Å²) in [4.78, 5) is 35.4. The number of hydrogen-bond donors (Lipinski definition) is 3. The van der Waals surface area contributed by atoms with E-state index < -0.39 is 11.8 Å². The minimum atomic E-state index is -0.798. The van der Waals surface area contributed by atoms with Crippen molar-refractivity contribution >= 4 is 29.6 Å². The van der Waals surface area contributed by atoms with Gasteiger partial charge >= 0.3 is 11.8 Å². The summed E-state index contributed by atoms with van der Waals surface area (Å²) in [6, 6.07) is 11.0. The van der Waals surface area contributed by atoms with Gasteiger partial charge in [-0.05, 0) is 74.6 Å². The standard InChI is InChI=1S/C23H26N4O4/c1-14-10-15(2)21(16(3)11-14)26-20(28)13-31-19-8-4-17(5-9-19)12-24-27-23(30)22(29)25-18-6-7-18/h4-5,8-12,18H,6-7,13H2,1-3H3,(H,25,29)(H,26,28)(H,27,30)/b24-12-. The minimum absolute atomic E-state index is 0.113. The smallest absolute Gasteiger partial charge is 0.329 e. The zero-order valence-electron chi connectivity index (χ0n) is 17.8. The number of hydrazone groups is 1. The third-order valence-electron chi connectivity index (χ3n) is 4.69. The summed E-state index contributed by atoms with van der Waals surface area (Å²) in [5, 5.41) is 9.25. The molecular weight excluding hydrogens is 396 g/mol. The molecule has 3 N–H and O–H groups in total. The topological polar surface area (TPSA) is 109 Å². The maximum atomic E-state index is 12.2. The highest BCUT2D eigenvalue weighted by Crippen LogP contribution is 2.22. The molecule has 1 aliphatic rings. The lowest BCUT2D eigenvalue weighted by Gasteiger charge is -2.13. The zero-order chi connectivity index (χ0) is 22.4. The second-order valence-electron chi connectivity index (χ2n) is 7.63. The average molecular weight is 422 g/mol. The number of rotatable bonds is 7. The predicted molar refractivity (Wildman–Crippen MR) is 118 cm³/mol. The van der Waals surface area contributed by atoms with Crippen molar-refractivity contribution in [1.29, 1.82) is 0 Å². The van der Waals surface area contributed by atoms with E-state index in [4.69, 9.17) is 4.74 Å². The molecule has 2 aromatic rings. The quantitative estimate of drug-likeness (QED) is 0.362. The molecule has 3 rings (SSSR count). The average Bonchev–Trinajstić information content (AvgIpc) is 3.54. The Morgan fingerprint density at radius 2 is 1.68 bits per heavy atom. The van der Waals surface area contributed by atoms with Crippen molar-refractivity contribution in [3.05, 3.63) is 58.7 Å². The van der Waals surface area contributed by atoms with E-state index in [1.54, 1.807) is 24.3 Å². The summed E-state index contributed by atoms with van der Waals surface area (Å²) >= 11 is 0. The number of carbonyl (C=O) groups excluding carboxylic acids is 3. The molecule has 1 saturated carbocycles. The molecule has 162 valence electrons. The Balaban J connectivity index is 1.45. The first-order valence-corrected chi connectivity index (χ1v) is 10.1. The van der Waals surface area contributed by atoms with Crippen molar-refractivity contribution in [1.82, 2.24) is 10.7 Å². The van der Waals surface area contributed by atoms with Gasteiger partial charge in [-0.2, -0.15) is 5.10 Å². The minimum Gasteiger partial charge on any atom is -0.484 e. The number of aryl methyl sites for hydroxylation is 3. The molecule has 0 spiro atoms. The lowest BCUT2D eigenvalue weighted by Crippen LogP contribution is -2.38. The molecule has 2 aromatic carbocycles. The summed E-state index contributed by atoms with van der Waals surface area (Å²) in [5.74, 6) is -1.20. The molecule has 3 amide bonds. The number of benzene rings is 2. The van der Waals surface area contributed by atoms with Gasteiger partial charge in [-0.15, -0.1) is 0 Å². The highest BCUT2D eigenvalue weighted by molar-refractivity contribution is 6.35. The van der Waals surface area contributed by atoms with Crippen LogP contribution in [-0.2, 0) is 14.4 Å². The molecule has 1 fully saturated rings. The molecule has 0 unspecified atom stereocenters. The van der Waals surface area contributed by atoms with E-state index in [2.05, 4.69) is 21.2 Å². The van der Waals surface area contributed by atoms with Crippen molar-refractivity contribution < 1.29 is 19.1 Å². The molecule has 0 aromatic heterocycles. The zero-order valence-corrected chi connectivity index (χ0v) is 17.8. The lowest BCUT2D eigenvalue weighted by atomic mass is 10.1. The van der Waals surface area contributed by atoms with E-state index in [9.17, 15) is 14.4 Å². The fraction of sp³-hybridized carbons (Fsp3) is 0.304. The maximum Gasteiger partial charge on any atom is 0.329 e. The molecule has 0 aliphatic heterocycles. The van der Waals surface area contributed by atoms with Gasteiger partial charge in [0.05, 0.1) is 6.21 Å². The van der Waals surface area contributed by atoms with Gasteiger partial charge in [-0.3, -0.25) is 14.4 Å². The van der Waals surface area contributed by atoms with E-state index in [-0.39, 0.29) is 18.6 Å². The highest BCUT2D eigenvalue weighted by Gasteiger charge is 2.26. The third-order valence-corrected chi connectivity index (χ3v) is 4.69. The van der Waals surface area contributed by atoms with E-state index in [1.807, 2.05) is 32.9 Å². The van der Waals surface area contributed by atoms with Crippen LogP contribution < -0.4 is 20.8 Å². The van der Waals surface area contributed by atoms with Crippen LogP contribution in [-0.4, -0.2) is 36.6 Å². The van der Waals surface area contributed by atoms with Gasteiger partial charge in [0.1, 0.15) is 5.75 Å². The van der Waals surface area contributed by atoms with Gasteiger partial charge in [0, 0.05) is 11.7 Å². The molecule has 0 bridgehead atoms. The summed E-state index contributed by atoms with van der Waals surface area (Å²) in [7, 11) is 0. The van der Waals surface area contributed by atoms with Gasteiger partial charge in [0.2, 0.25) is 0 Å². The Kier molecular flexibility index (Phi) is 7.02. The molecule has 0 heterocycles. The Bertz CT molecular complexity index is 988. The number of carbonyl (C=O) groups is 3. The fourth-order valence-electron chi connectivity index (χ4n) is 3.05. The second kappa shape index (κ2) is 9.88. The number of amides is 3. The van der Waals surface area contributed by atoms with Crippen molar-refractivity contribution in [2.45, 2.75) is 39.7 Å². The van der Waals surface area contributed by atoms with Crippen LogP contribution in [0.15, 0.2) is 41.5 Å². The summed E-state index contributed by atoms with van der Waals surface area (Å²) < 4.78 is 5.54. The number of hydrogen-bond acceptors (Lipinski definition) is 5. The third kappa shape index (κ3) is 6.67. The van der Waals surface area contributed by atoms with Crippen LogP contribution in [0.3, 0.4) is 0 Å². The molecular formula is C23H26N4O4. The summed E-state index contributed by atoms with van der Waals surface area (Å²) in [6.45, 7) is 5.81. The number of nitrogens with one attached hydrogen (secondary N) is 3. The highest BCUT2D eigenvalue weighted by atomic mass is 16.5. The first-order chi connectivity index (χ1) is 14.8. The molecule has 0 radical (unpaired) electrons. The number of nitrogens with zero attached hydrogens (tertiary/aromatic N) is 1. The van der Waals surface area contributed by atoms with Crippen molar-refractivity contribution in [2.24, 2.45) is 5.10 Å². The number of ether oxygens (including phenoxy) is 1. The van der Waals surface area contributed by atoms with Crippen LogP contribution in [0.2, 0.25) is 0 Å². The normalized spacial score (nSPS) is 13.0. The molecule has 1 aliphatic carbocycles. The SMILES string of the molecule is Cc1cc(C)c(NC(=O)COc2ccc(/C=N\NC(=O)C(=O)NC3CC3)cc2)c(C)c1. The number of anilines is 1.